The minimum Gasteiger partial charge on any atom is -0.392 e. The lowest BCUT2D eigenvalue weighted by atomic mass is 9.95. The summed E-state index contributed by atoms with van der Waals surface area (Å²) in [4.78, 5) is 0. The van der Waals surface area contributed by atoms with Crippen LogP contribution in [0.25, 0.3) is 11.1 Å². The Hall–Kier alpha value is -2.67. The highest BCUT2D eigenvalue weighted by Crippen LogP contribution is 2.28. The van der Waals surface area contributed by atoms with Crippen molar-refractivity contribution in [2.45, 2.75) is 19.8 Å². The maximum Gasteiger partial charge on any atom is 0.123 e. The summed E-state index contributed by atoms with van der Waals surface area (Å²) in [7, 11) is 0. The lowest BCUT2D eigenvalue weighted by molar-refractivity contribution is 0.279. The van der Waals surface area contributed by atoms with Crippen molar-refractivity contribution in [2.24, 2.45) is 0 Å². The van der Waals surface area contributed by atoms with Crippen molar-refractivity contribution in [2.75, 3.05) is 0 Å². The lowest BCUT2D eigenvalue weighted by Gasteiger charge is -2.11. The fourth-order valence-corrected chi connectivity index (χ4v) is 2.55. The molecule has 3 aromatic carbocycles. The Labute approximate surface area is 155 Å². The van der Waals surface area contributed by atoms with Gasteiger partial charge < -0.3 is 15.3 Å². The zero-order chi connectivity index (χ0) is 19.8. The van der Waals surface area contributed by atoms with Gasteiger partial charge in [-0.05, 0) is 64.2 Å². The van der Waals surface area contributed by atoms with E-state index in [9.17, 15) is 23.4 Å². The van der Waals surface area contributed by atoms with Crippen molar-refractivity contribution < 1.29 is 28.5 Å². The number of aliphatic hydroxyl groups excluding tert-OH is 3. The van der Waals surface area contributed by atoms with Gasteiger partial charge in [0.2, 0.25) is 0 Å². The molecular formula is C21H19F3O3. The van der Waals surface area contributed by atoms with E-state index in [-0.39, 0.29) is 25.6 Å². The first-order valence-electron chi connectivity index (χ1n) is 8.12. The molecule has 3 N–H and O–H groups in total. The SMILES string of the molecule is OCc1cc(F)ccc1-c1ccc(F)cc1CO.OCc1cccc(F)c1. The predicted molar refractivity (Wildman–Crippen MR) is 96.0 cm³/mol. The summed E-state index contributed by atoms with van der Waals surface area (Å²) in [6, 6.07) is 13.9. The zero-order valence-corrected chi connectivity index (χ0v) is 14.4. The minimum absolute atomic E-state index is 0.0994. The van der Waals surface area contributed by atoms with Crippen molar-refractivity contribution in [1.82, 2.24) is 0 Å². The molecule has 0 aliphatic rings. The van der Waals surface area contributed by atoms with Gasteiger partial charge in [-0.2, -0.15) is 0 Å². The van der Waals surface area contributed by atoms with Crippen LogP contribution in [0.2, 0.25) is 0 Å². The molecule has 27 heavy (non-hydrogen) atoms. The monoisotopic (exact) mass is 376 g/mol. The molecular weight excluding hydrogens is 357 g/mol. The molecule has 0 aliphatic heterocycles. The van der Waals surface area contributed by atoms with Crippen LogP contribution in [-0.2, 0) is 19.8 Å². The summed E-state index contributed by atoms with van der Waals surface area (Å²) in [5.41, 5.74) is 2.58. The highest BCUT2D eigenvalue weighted by atomic mass is 19.1. The summed E-state index contributed by atoms with van der Waals surface area (Å²) in [5, 5.41) is 26.9. The number of hydrogen-bond acceptors (Lipinski definition) is 3. The standard InChI is InChI=1S/C14H12F2O2.C7H7FO/c15-11-1-3-13(9(5-11)7-17)14-4-2-12(16)6-10(14)8-18;8-7-3-1-2-6(4-7)5-9/h1-6,17-18H,7-8H2;1-4,9H,5H2. The molecule has 0 bridgehead atoms. The Bertz CT molecular complexity index is 846. The van der Waals surface area contributed by atoms with Gasteiger partial charge in [0.1, 0.15) is 17.5 Å². The molecule has 0 unspecified atom stereocenters. The first-order valence-corrected chi connectivity index (χ1v) is 8.12. The van der Waals surface area contributed by atoms with Crippen LogP contribution < -0.4 is 0 Å². The van der Waals surface area contributed by atoms with Crippen molar-refractivity contribution in [3.8, 4) is 11.1 Å². The van der Waals surface area contributed by atoms with E-state index in [1.807, 2.05) is 0 Å². The second-order valence-corrected chi connectivity index (χ2v) is 5.71. The van der Waals surface area contributed by atoms with Crippen LogP contribution in [-0.4, -0.2) is 15.3 Å². The lowest BCUT2D eigenvalue weighted by Crippen LogP contribution is -1.96. The molecule has 0 atom stereocenters. The Morgan fingerprint density at radius 2 is 1.04 bits per heavy atom. The molecule has 3 nitrogen and oxygen atoms in total. The van der Waals surface area contributed by atoms with E-state index in [1.165, 1.54) is 48.5 Å². The van der Waals surface area contributed by atoms with Crippen LogP contribution in [0.3, 0.4) is 0 Å². The minimum atomic E-state index is -0.449. The first-order chi connectivity index (χ1) is 13.0. The van der Waals surface area contributed by atoms with E-state index in [4.69, 9.17) is 5.11 Å². The summed E-state index contributed by atoms with van der Waals surface area (Å²) >= 11 is 0. The molecule has 6 heteroatoms. The van der Waals surface area contributed by atoms with Crippen LogP contribution in [0.15, 0.2) is 60.7 Å². The van der Waals surface area contributed by atoms with E-state index < -0.39 is 11.6 Å². The van der Waals surface area contributed by atoms with Gasteiger partial charge in [-0.1, -0.05) is 24.3 Å². The third-order valence-electron chi connectivity index (χ3n) is 3.84. The quantitative estimate of drug-likeness (QED) is 0.647. The van der Waals surface area contributed by atoms with Crippen molar-refractivity contribution in [3.63, 3.8) is 0 Å². The second kappa shape index (κ2) is 9.87. The summed E-state index contributed by atoms with van der Waals surface area (Å²) in [5.74, 6) is -1.20. The third kappa shape index (κ3) is 5.65. The summed E-state index contributed by atoms with van der Waals surface area (Å²) in [6.07, 6.45) is 0. The van der Waals surface area contributed by atoms with Gasteiger partial charge in [-0.15, -0.1) is 0 Å². The van der Waals surface area contributed by atoms with Gasteiger partial charge in [0.15, 0.2) is 0 Å². The fourth-order valence-electron chi connectivity index (χ4n) is 2.55. The number of halogens is 3. The topological polar surface area (TPSA) is 60.7 Å². The molecule has 0 fully saturated rings. The summed E-state index contributed by atoms with van der Waals surface area (Å²) < 4.78 is 38.4. The number of hydrogen-bond donors (Lipinski definition) is 3. The third-order valence-corrected chi connectivity index (χ3v) is 3.84. The Morgan fingerprint density at radius 1 is 0.556 bits per heavy atom. The van der Waals surface area contributed by atoms with Crippen LogP contribution in [0, 0.1) is 17.5 Å². The van der Waals surface area contributed by atoms with Crippen molar-refractivity contribution in [1.29, 1.82) is 0 Å². The summed E-state index contributed by atoms with van der Waals surface area (Å²) in [6.45, 7) is -0.748. The molecule has 0 amide bonds. The van der Waals surface area contributed by atoms with Crippen molar-refractivity contribution in [3.05, 3.63) is 94.8 Å². The first kappa shape index (κ1) is 20.6. The van der Waals surface area contributed by atoms with Crippen LogP contribution >= 0.6 is 0 Å². The Morgan fingerprint density at radius 3 is 1.41 bits per heavy atom. The average Bonchev–Trinajstić information content (AvgIpc) is 2.68. The molecule has 0 radical (unpaired) electrons. The average molecular weight is 376 g/mol. The molecule has 0 aromatic heterocycles. The van der Waals surface area contributed by atoms with Crippen LogP contribution in [0.4, 0.5) is 13.2 Å². The highest BCUT2D eigenvalue weighted by Gasteiger charge is 2.10. The van der Waals surface area contributed by atoms with Crippen LogP contribution in [0.1, 0.15) is 16.7 Å². The molecule has 3 aromatic rings. The van der Waals surface area contributed by atoms with E-state index in [0.29, 0.717) is 27.8 Å². The largest absolute Gasteiger partial charge is 0.392 e. The normalized spacial score (nSPS) is 10.3. The van der Waals surface area contributed by atoms with E-state index in [1.54, 1.807) is 12.1 Å². The zero-order valence-electron chi connectivity index (χ0n) is 14.4. The van der Waals surface area contributed by atoms with Gasteiger partial charge in [0.05, 0.1) is 19.8 Å². The van der Waals surface area contributed by atoms with Gasteiger partial charge in [0.25, 0.3) is 0 Å². The van der Waals surface area contributed by atoms with Gasteiger partial charge in [-0.25, -0.2) is 13.2 Å². The number of rotatable bonds is 4. The van der Waals surface area contributed by atoms with Gasteiger partial charge in [0, 0.05) is 0 Å². The maximum atomic E-state index is 13.1. The molecule has 0 aliphatic carbocycles. The van der Waals surface area contributed by atoms with Crippen molar-refractivity contribution >= 4 is 0 Å². The van der Waals surface area contributed by atoms with Gasteiger partial charge >= 0.3 is 0 Å². The fraction of sp³-hybridized carbons (Fsp3) is 0.143. The van der Waals surface area contributed by atoms with Gasteiger partial charge in [-0.3, -0.25) is 0 Å². The Balaban J connectivity index is 0.000000244. The number of benzene rings is 3. The molecule has 0 saturated carbocycles. The molecule has 0 saturated heterocycles. The molecule has 142 valence electrons. The molecule has 3 rings (SSSR count). The van der Waals surface area contributed by atoms with Crippen LogP contribution in [0.5, 0.6) is 0 Å². The molecule has 0 heterocycles. The highest BCUT2D eigenvalue weighted by molar-refractivity contribution is 5.70. The predicted octanol–water partition coefficient (Wildman–Crippen LogP) is 3.93. The number of aliphatic hydroxyl groups is 3. The van der Waals surface area contributed by atoms with E-state index >= 15 is 0 Å². The maximum absolute atomic E-state index is 13.1. The van der Waals surface area contributed by atoms with E-state index in [0.717, 1.165) is 0 Å². The smallest absolute Gasteiger partial charge is 0.123 e. The Kier molecular flexibility index (Phi) is 7.55. The van der Waals surface area contributed by atoms with E-state index in [2.05, 4.69) is 0 Å². The second-order valence-electron chi connectivity index (χ2n) is 5.71. The molecule has 0 spiro atoms.